The number of pyridine rings is 1. The Labute approximate surface area is 161 Å². The van der Waals surface area contributed by atoms with E-state index in [-0.39, 0.29) is 0 Å². The molecule has 0 bridgehead atoms. The van der Waals surface area contributed by atoms with Crippen LogP contribution in [0.3, 0.4) is 0 Å². The lowest BCUT2D eigenvalue weighted by Crippen LogP contribution is -2.01. The number of nitrogens with zero attached hydrogens (tertiary/aromatic N) is 2. The summed E-state index contributed by atoms with van der Waals surface area (Å²) in [7, 11) is 1.64. The van der Waals surface area contributed by atoms with Crippen LogP contribution in [0.25, 0.3) is 39.5 Å². The zero-order chi connectivity index (χ0) is 19.1. The van der Waals surface area contributed by atoms with Gasteiger partial charge in [0.1, 0.15) is 11.4 Å². The normalized spacial score (nSPS) is 13.2. The molecule has 3 aromatic heterocycles. The van der Waals surface area contributed by atoms with Crippen molar-refractivity contribution >= 4 is 17.0 Å². The number of benzene rings is 1. The van der Waals surface area contributed by atoms with Crippen LogP contribution < -0.4 is 10.5 Å². The predicted molar refractivity (Wildman–Crippen MR) is 111 cm³/mol. The van der Waals surface area contributed by atoms with Crippen LogP contribution in [0.15, 0.2) is 60.6 Å². The maximum atomic E-state index is 6.03. The fraction of sp³-hybridized carbons (Fsp3) is 0.0909. The maximum Gasteiger partial charge on any atom is 0.137 e. The number of nitrogens with one attached hydrogen (secondary N) is 2. The SMILES string of the molecule is COc1cncc(-c2ccc3[nH]nc(-c4cc5c([nH]4)CC(N)=CC=C5)c3c2)c1. The molecule has 0 saturated carbocycles. The van der Waals surface area contributed by atoms with Gasteiger partial charge in [0.15, 0.2) is 0 Å². The molecule has 6 heteroatoms. The number of ether oxygens (including phenoxy) is 1. The summed E-state index contributed by atoms with van der Waals surface area (Å²) in [5, 5.41) is 8.72. The van der Waals surface area contributed by atoms with Crippen LogP contribution in [0, 0.1) is 0 Å². The highest BCUT2D eigenvalue weighted by Crippen LogP contribution is 2.32. The third-order valence-corrected chi connectivity index (χ3v) is 5.00. The Morgan fingerprint density at radius 1 is 1.11 bits per heavy atom. The van der Waals surface area contributed by atoms with Gasteiger partial charge < -0.3 is 15.5 Å². The summed E-state index contributed by atoms with van der Waals surface area (Å²) < 4.78 is 5.30. The summed E-state index contributed by atoms with van der Waals surface area (Å²) in [5.41, 5.74) is 14.0. The van der Waals surface area contributed by atoms with Gasteiger partial charge in [-0.05, 0) is 41.5 Å². The van der Waals surface area contributed by atoms with Crippen molar-refractivity contribution in [3.63, 3.8) is 0 Å². The van der Waals surface area contributed by atoms with Gasteiger partial charge in [0.25, 0.3) is 0 Å². The fourth-order valence-corrected chi connectivity index (χ4v) is 3.56. The second-order valence-corrected chi connectivity index (χ2v) is 6.84. The second kappa shape index (κ2) is 6.42. The molecule has 0 saturated heterocycles. The van der Waals surface area contributed by atoms with Gasteiger partial charge >= 0.3 is 0 Å². The predicted octanol–water partition coefficient (Wildman–Crippen LogP) is 4.04. The molecule has 3 heterocycles. The zero-order valence-corrected chi connectivity index (χ0v) is 15.4. The molecule has 1 aliphatic carbocycles. The largest absolute Gasteiger partial charge is 0.495 e. The van der Waals surface area contributed by atoms with Gasteiger partial charge in [0, 0.05) is 35.0 Å². The fourth-order valence-electron chi connectivity index (χ4n) is 3.56. The molecule has 138 valence electrons. The number of nitrogens with two attached hydrogens (primary N) is 1. The summed E-state index contributed by atoms with van der Waals surface area (Å²) in [5.74, 6) is 0.732. The highest BCUT2D eigenvalue weighted by molar-refractivity contribution is 5.95. The first-order chi connectivity index (χ1) is 13.7. The first-order valence-electron chi connectivity index (χ1n) is 9.04. The highest BCUT2D eigenvalue weighted by Gasteiger charge is 2.15. The summed E-state index contributed by atoms with van der Waals surface area (Å²) in [4.78, 5) is 7.75. The van der Waals surface area contributed by atoms with Crippen molar-refractivity contribution in [1.29, 1.82) is 0 Å². The summed E-state index contributed by atoms with van der Waals surface area (Å²) in [6.07, 6.45) is 10.2. The Morgan fingerprint density at radius 2 is 2.04 bits per heavy atom. The molecular weight excluding hydrogens is 350 g/mol. The summed E-state index contributed by atoms with van der Waals surface area (Å²) in [6.45, 7) is 0. The van der Waals surface area contributed by atoms with Crippen LogP contribution in [0.4, 0.5) is 0 Å². The Hall–Kier alpha value is -3.80. The summed E-state index contributed by atoms with van der Waals surface area (Å²) in [6, 6.07) is 10.3. The highest BCUT2D eigenvalue weighted by atomic mass is 16.5. The monoisotopic (exact) mass is 369 g/mol. The van der Waals surface area contributed by atoms with Crippen LogP contribution in [-0.4, -0.2) is 27.3 Å². The molecule has 0 aliphatic heterocycles. The number of fused-ring (bicyclic) bond motifs is 2. The van der Waals surface area contributed by atoms with E-state index in [1.54, 1.807) is 13.3 Å². The van der Waals surface area contributed by atoms with Crippen LogP contribution in [0.5, 0.6) is 5.75 Å². The molecule has 0 atom stereocenters. The maximum absolute atomic E-state index is 6.03. The Morgan fingerprint density at radius 3 is 2.93 bits per heavy atom. The van der Waals surface area contributed by atoms with E-state index >= 15 is 0 Å². The number of hydrogen-bond acceptors (Lipinski definition) is 4. The number of allylic oxidation sites excluding steroid dienone is 3. The number of H-pyrrole nitrogens is 2. The molecule has 0 spiro atoms. The van der Waals surface area contributed by atoms with Gasteiger partial charge in [-0.2, -0.15) is 5.10 Å². The molecule has 0 amide bonds. The van der Waals surface area contributed by atoms with Crippen molar-refractivity contribution in [3.05, 3.63) is 71.8 Å². The molecule has 1 aliphatic rings. The Kier molecular flexibility index (Phi) is 3.76. The van der Waals surface area contributed by atoms with E-state index < -0.39 is 0 Å². The molecule has 1 aromatic carbocycles. The zero-order valence-electron chi connectivity index (χ0n) is 15.4. The van der Waals surface area contributed by atoms with E-state index in [1.807, 2.05) is 30.5 Å². The molecule has 0 unspecified atom stereocenters. The standard InChI is InChI=1S/C22H19N5O/c1-28-17-7-15(11-24-12-17)13-5-6-19-18(8-13)22(27-26-19)21-9-14-3-2-4-16(23)10-20(14)25-21/h2-9,11-12,25H,10,23H2,1H3,(H,26,27). The summed E-state index contributed by atoms with van der Waals surface area (Å²) >= 11 is 0. The minimum Gasteiger partial charge on any atom is -0.495 e. The van der Waals surface area contributed by atoms with E-state index in [0.29, 0.717) is 6.42 Å². The van der Waals surface area contributed by atoms with Crippen LogP contribution in [-0.2, 0) is 6.42 Å². The number of hydrogen-bond donors (Lipinski definition) is 3. The van der Waals surface area contributed by atoms with Gasteiger partial charge in [-0.1, -0.05) is 18.2 Å². The molecule has 6 nitrogen and oxygen atoms in total. The average molecular weight is 369 g/mol. The van der Waals surface area contributed by atoms with Crippen LogP contribution >= 0.6 is 0 Å². The van der Waals surface area contributed by atoms with Crippen LogP contribution in [0.2, 0.25) is 0 Å². The topological polar surface area (TPSA) is 92.6 Å². The van der Waals surface area contributed by atoms with Crippen molar-refractivity contribution < 1.29 is 4.74 Å². The lowest BCUT2D eigenvalue weighted by molar-refractivity contribution is 0.413. The minimum absolute atomic E-state index is 0.700. The van der Waals surface area contributed by atoms with Crippen molar-refractivity contribution in [1.82, 2.24) is 20.2 Å². The lowest BCUT2D eigenvalue weighted by atomic mass is 10.0. The average Bonchev–Trinajstić information content (AvgIpc) is 3.27. The first kappa shape index (κ1) is 16.4. The Bertz CT molecular complexity index is 1250. The third-order valence-electron chi connectivity index (χ3n) is 5.00. The number of methoxy groups -OCH3 is 1. The van der Waals surface area contributed by atoms with E-state index in [1.165, 1.54) is 0 Å². The molecule has 0 radical (unpaired) electrons. The number of aromatic nitrogens is 4. The van der Waals surface area contributed by atoms with Gasteiger partial charge in [-0.3, -0.25) is 10.1 Å². The minimum atomic E-state index is 0.700. The van der Waals surface area contributed by atoms with Crippen molar-refractivity contribution in [2.24, 2.45) is 5.73 Å². The quantitative estimate of drug-likeness (QED) is 0.508. The molecule has 28 heavy (non-hydrogen) atoms. The van der Waals surface area contributed by atoms with E-state index in [0.717, 1.165) is 56.1 Å². The van der Waals surface area contributed by atoms with E-state index in [9.17, 15) is 0 Å². The van der Waals surface area contributed by atoms with Crippen molar-refractivity contribution in [2.45, 2.75) is 6.42 Å². The Balaban J connectivity index is 1.61. The molecule has 5 rings (SSSR count). The molecular formula is C22H19N5O. The van der Waals surface area contributed by atoms with E-state index in [4.69, 9.17) is 10.5 Å². The number of rotatable bonds is 3. The molecule has 4 N–H and O–H groups in total. The molecule has 4 aromatic rings. The number of aromatic amines is 2. The second-order valence-electron chi connectivity index (χ2n) is 6.84. The van der Waals surface area contributed by atoms with Gasteiger partial charge in [0.2, 0.25) is 0 Å². The lowest BCUT2D eigenvalue weighted by Gasteiger charge is -2.05. The third kappa shape index (κ3) is 2.75. The van der Waals surface area contributed by atoms with Crippen molar-refractivity contribution in [2.75, 3.05) is 7.11 Å². The van der Waals surface area contributed by atoms with Gasteiger partial charge in [-0.15, -0.1) is 0 Å². The van der Waals surface area contributed by atoms with E-state index in [2.05, 4.69) is 44.4 Å². The van der Waals surface area contributed by atoms with Crippen molar-refractivity contribution in [3.8, 4) is 28.3 Å². The smallest absolute Gasteiger partial charge is 0.137 e. The van der Waals surface area contributed by atoms with Gasteiger partial charge in [-0.25, -0.2) is 0 Å². The first-order valence-corrected chi connectivity index (χ1v) is 9.04. The van der Waals surface area contributed by atoms with Crippen LogP contribution in [0.1, 0.15) is 11.3 Å². The molecule has 0 fully saturated rings. The van der Waals surface area contributed by atoms with Gasteiger partial charge in [0.05, 0.1) is 24.5 Å².